The molecule has 1 amide bonds. The average molecular weight is 291 g/mol. The standard InChI is InChI=1S/C16H18FNO3/c1-16(2,3)21-15(20)18-9-5-4-6-12-10-14(17)8-7-13(12)11-19/h7-8,10-11H,5,9H2,1-3H3,(H,18,20). The molecule has 1 aromatic rings. The molecule has 0 saturated heterocycles. The monoisotopic (exact) mass is 291 g/mol. The molecule has 0 bridgehead atoms. The molecule has 4 nitrogen and oxygen atoms in total. The van der Waals surface area contributed by atoms with Gasteiger partial charge in [0.15, 0.2) is 6.29 Å². The molecule has 0 saturated carbocycles. The molecule has 0 aliphatic carbocycles. The van der Waals surface area contributed by atoms with Crippen LogP contribution in [-0.4, -0.2) is 24.5 Å². The second-order valence-corrected chi connectivity index (χ2v) is 5.33. The van der Waals surface area contributed by atoms with Gasteiger partial charge in [-0.25, -0.2) is 9.18 Å². The van der Waals surface area contributed by atoms with Crippen molar-refractivity contribution in [3.63, 3.8) is 0 Å². The fourth-order valence-corrected chi connectivity index (χ4v) is 1.44. The lowest BCUT2D eigenvalue weighted by Gasteiger charge is -2.19. The summed E-state index contributed by atoms with van der Waals surface area (Å²) in [6, 6.07) is 3.79. The number of halogens is 1. The summed E-state index contributed by atoms with van der Waals surface area (Å²) >= 11 is 0. The van der Waals surface area contributed by atoms with Crippen LogP contribution in [0.25, 0.3) is 0 Å². The largest absolute Gasteiger partial charge is 0.444 e. The number of ether oxygens (including phenoxy) is 1. The number of benzene rings is 1. The summed E-state index contributed by atoms with van der Waals surface area (Å²) in [7, 11) is 0. The highest BCUT2D eigenvalue weighted by molar-refractivity contribution is 5.79. The smallest absolute Gasteiger partial charge is 0.407 e. The van der Waals surface area contributed by atoms with Gasteiger partial charge in [0.05, 0.1) is 0 Å². The third-order valence-corrected chi connectivity index (χ3v) is 2.28. The minimum atomic E-state index is -0.545. The predicted molar refractivity (Wildman–Crippen MR) is 77.5 cm³/mol. The topological polar surface area (TPSA) is 55.4 Å². The molecule has 0 aliphatic heterocycles. The van der Waals surface area contributed by atoms with Crippen molar-refractivity contribution in [3.8, 4) is 11.8 Å². The highest BCUT2D eigenvalue weighted by Crippen LogP contribution is 2.08. The first-order valence-electron chi connectivity index (χ1n) is 6.52. The molecule has 0 fully saturated rings. The second kappa shape index (κ2) is 7.44. The maximum Gasteiger partial charge on any atom is 0.407 e. The van der Waals surface area contributed by atoms with Gasteiger partial charge in [0.1, 0.15) is 11.4 Å². The van der Waals surface area contributed by atoms with Gasteiger partial charge in [-0.3, -0.25) is 4.79 Å². The Labute approximate surface area is 123 Å². The number of nitrogens with one attached hydrogen (secondary N) is 1. The van der Waals surface area contributed by atoms with Gasteiger partial charge >= 0.3 is 6.09 Å². The van der Waals surface area contributed by atoms with E-state index in [1.807, 2.05) is 0 Å². The van der Waals surface area contributed by atoms with Crippen LogP contribution in [0, 0.1) is 17.7 Å². The van der Waals surface area contributed by atoms with E-state index in [-0.39, 0.29) is 0 Å². The van der Waals surface area contributed by atoms with Crippen molar-refractivity contribution >= 4 is 12.4 Å². The number of hydrogen-bond acceptors (Lipinski definition) is 3. The van der Waals surface area contributed by atoms with E-state index in [0.29, 0.717) is 30.4 Å². The van der Waals surface area contributed by atoms with E-state index in [2.05, 4.69) is 17.2 Å². The molecule has 1 aromatic carbocycles. The van der Waals surface area contributed by atoms with Crippen molar-refractivity contribution in [1.29, 1.82) is 0 Å². The number of rotatable bonds is 3. The summed E-state index contributed by atoms with van der Waals surface area (Å²) in [5, 5.41) is 2.56. The van der Waals surface area contributed by atoms with Gasteiger partial charge in [-0.05, 0) is 39.0 Å². The van der Waals surface area contributed by atoms with Crippen LogP contribution in [0.1, 0.15) is 43.1 Å². The van der Waals surface area contributed by atoms with Gasteiger partial charge in [-0.2, -0.15) is 0 Å². The van der Waals surface area contributed by atoms with Crippen LogP contribution >= 0.6 is 0 Å². The Morgan fingerprint density at radius 3 is 2.76 bits per heavy atom. The van der Waals surface area contributed by atoms with E-state index in [0.717, 1.165) is 0 Å². The number of carbonyl (C=O) groups is 2. The maximum absolute atomic E-state index is 13.1. The van der Waals surface area contributed by atoms with Crippen molar-refractivity contribution in [2.45, 2.75) is 32.8 Å². The molecule has 0 heterocycles. The lowest BCUT2D eigenvalue weighted by Crippen LogP contribution is -2.32. The lowest BCUT2D eigenvalue weighted by molar-refractivity contribution is 0.0529. The summed E-state index contributed by atoms with van der Waals surface area (Å²) in [5.41, 5.74) is 0.127. The molecule has 1 rings (SSSR count). The molecule has 0 aliphatic rings. The SMILES string of the molecule is CC(C)(C)OC(=O)NCCC#Cc1cc(F)ccc1C=O. The molecule has 0 aromatic heterocycles. The Kier molecular flexibility index (Phi) is 5.92. The first-order chi connectivity index (χ1) is 9.81. The quantitative estimate of drug-likeness (QED) is 0.529. The van der Waals surface area contributed by atoms with E-state index in [1.54, 1.807) is 20.8 Å². The highest BCUT2D eigenvalue weighted by atomic mass is 19.1. The van der Waals surface area contributed by atoms with Crippen LogP contribution in [0.15, 0.2) is 18.2 Å². The van der Waals surface area contributed by atoms with Crippen molar-refractivity contribution in [1.82, 2.24) is 5.32 Å². The van der Waals surface area contributed by atoms with E-state index >= 15 is 0 Å². The van der Waals surface area contributed by atoms with E-state index < -0.39 is 17.5 Å². The molecular weight excluding hydrogens is 273 g/mol. The van der Waals surface area contributed by atoms with Crippen LogP contribution < -0.4 is 5.32 Å². The van der Waals surface area contributed by atoms with Gasteiger partial charge in [-0.15, -0.1) is 0 Å². The first kappa shape index (κ1) is 16.7. The maximum atomic E-state index is 13.1. The molecule has 112 valence electrons. The lowest BCUT2D eigenvalue weighted by atomic mass is 10.1. The minimum absolute atomic E-state index is 0.313. The Balaban J connectivity index is 2.49. The molecule has 0 spiro atoms. The summed E-state index contributed by atoms with van der Waals surface area (Å²) in [5.74, 6) is 5.04. The fraction of sp³-hybridized carbons (Fsp3) is 0.375. The Bertz CT molecular complexity index is 579. The first-order valence-corrected chi connectivity index (χ1v) is 6.52. The van der Waals surface area contributed by atoms with Gasteiger partial charge in [-0.1, -0.05) is 11.8 Å². The summed E-state index contributed by atoms with van der Waals surface area (Å²) < 4.78 is 18.1. The zero-order valence-corrected chi connectivity index (χ0v) is 12.3. The summed E-state index contributed by atoms with van der Waals surface area (Å²) in [6.45, 7) is 5.64. The van der Waals surface area contributed by atoms with E-state index in [1.165, 1.54) is 18.2 Å². The number of alkyl carbamates (subject to hydrolysis) is 1. The number of aldehydes is 1. The Morgan fingerprint density at radius 2 is 2.14 bits per heavy atom. The van der Waals surface area contributed by atoms with E-state index in [9.17, 15) is 14.0 Å². The van der Waals surface area contributed by atoms with Crippen molar-refractivity contribution < 1.29 is 18.7 Å². The molecular formula is C16H18FNO3. The van der Waals surface area contributed by atoms with Crippen LogP contribution in [-0.2, 0) is 4.74 Å². The zero-order valence-electron chi connectivity index (χ0n) is 12.3. The molecule has 21 heavy (non-hydrogen) atoms. The van der Waals surface area contributed by atoms with Crippen LogP contribution in [0.4, 0.5) is 9.18 Å². The predicted octanol–water partition coefficient (Wildman–Crippen LogP) is 2.90. The van der Waals surface area contributed by atoms with Gasteiger partial charge < -0.3 is 10.1 Å². The number of carbonyl (C=O) groups excluding carboxylic acids is 2. The number of hydrogen-bond donors (Lipinski definition) is 1. The van der Waals surface area contributed by atoms with Gasteiger partial charge in [0.25, 0.3) is 0 Å². The molecule has 5 heteroatoms. The van der Waals surface area contributed by atoms with Crippen molar-refractivity contribution in [2.75, 3.05) is 6.54 Å². The summed E-state index contributed by atoms with van der Waals surface area (Å²) in [4.78, 5) is 22.1. The van der Waals surface area contributed by atoms with Crippen molar-refractivity contribution in [2.24, 2.45) is 0 Å². The molecule has 1 N–H and O–H groups in total. The van der Waals surface area contributed by atoms with E-state index in [4.69, 9.17) is 4.74 Å². The normalized spacial score (nSPS) is 10.3. The number of amides is 1. The molecule has 0 atom stereocenters. The minimum Gasteiger partial charge on any atom is -0.444 e. The average Bonchev–Trinajstić information content (AvgIpc) is 2.36. The third kappa shape index (κ3) is 6.57. The van der Waals surface area contributed by atoms with Crippen LogP contribution in [0.3, 0.4) is 0 Å². The van der Waals surface area contributed by atoms with Crippen molar-refractivity contribution in [3.05, 3.63) is 35.1 Å². The molecule has 0 unspecified atom stereocenters. The third-order valence-electron chi connectivity index (χ3n) is 2.28. The molecule has 0 radical (unpaired) electrons. The Morgan fingerprint density at radius 1 is 1.43 bits per heavy atom. The zero-order chi connectivity index (χ0) is 15.9. The highest BCUT2D eigenvalue weighted by Gasteiger charge is 2.15. The van der Waals surface area contributed by atoms with Crippen LogP contribution in [0.2, 0.25) is 0 Å². The van der Waals surface area contributed by atoms with Crippen LogP contribution in [0.5, 0.6) is 0 Å². The Hall–Kier alpha value is -2.35. The van der Waals surface area contributed by atoms with Gasteiger partial charge in [0.2, 0.25) is 0 Å². The van der Waals surface area contributed by atoms with Gasteiger partial charge in [0, 0.05) is 24.1 Å². The summed E-state index contributed by atoms with van der Waals surface area (Å²) in [6.07, 6.45) is 0.486. The fourth-order valence-electron chi connectivity index (χ4n) is 1.44. The second-order valence-electron chi connectivity index (χ2n) is 5.33.